The van der Waals surface area contributed by atoms with Crippen molar-refractivity contribution in [1.82, 2.24) is 0 Å². The van der Waals surface area contributed by atoms with Crippen molar-refractivity contribution in [3.05, 3.63) is 34.9 Å². The van der Waals surface area contributed by atoms with E-state index >= 15 is 0 Å². The quantitative estimate of drug-likeness (QED) is 0.461. The van der Waals surface area contributed by atoms with Gasteiger partial charge in [-0.05, 0) is 67.1 Å². The molecule has 1 aromatic carbocycles. The summed E-state index contributed by atoms with van der Waals surface area (Å²) in [6, 6.07) is 1.78. The van der Waals surface area contributed by atoms with Crippen molar-refractivity contribution in [2.24, 2.45) is 17.8 Å². The van der Waals surface area contributed by atoms with Crippen LogP contribution >= 0.6 is 0 Å². The predicted octanol–water partition coefficient (Wildman–Crippen LogP) is 7.86. The minimum Gasteiger partial charge on any atom is -0.206 e. The zero-order valence-corrected chi connectivity index (χ0v) is 15.9. The van der Waals surface area contributed by atoms with E-state index in [1.54, 1.807) is 0 Å². The Morgan fingerprint density at radius 1 is 0.778 bits per heavy atom. The molecule has 0 atom stereocenters. The molecule has 3 rings (SSSR count). The molecule has 0 aromatic heterocycles. The van der Waals surface area contributed by atoms with Crippen molar-refractivity contribution in [2.45, 2.75) is 83.2 Å². The van der Waals surface area contributed by atoms with Gasteiger partial charge in [0.15, 0.2) is 0 Å². The first kappa shape index (κ1) is 20.6. The lowest BCUT2D eigenvalue weighted by molar-refractivity contribution is -0.142. The van der Waals surface area contributed by atoms with E-state index in [0.29, 0.717) is 11.5 Å². The third kappa shape index (κ3) is 5.23. The average Bonchev–Trinajstić information content (AvgIpc) is 2.60. The van der Waals surface area contributed by atoms with Gasteiger partial charge in [-0.25, -0.2) is 8.78 Å². The van der Waals surface area contributed by atoms with Gasteiger partial charge >= 0.3 is 6.18 Å². The number of benzene rings is 1. The summed E-state index contributed by atoms with van der Waals surface area (Å²) in [6.45, 7) is 2.32. The van der Waals surface area contributed by atoms with Crippen LogP contribution in [0.5, 0.6) is 0 Å². The molecule has 0 N–H and O–H groups in total. The maximum absolute atomic E-state index is 13.8. The highest BCUT2D eigenvalue weighted by molar-refractivity contribution is 5.30. The van der Waals surface area contributed by atoms with Crippen LogP contribution < -0.4 is 0 Å². The summed E-state index contributed by atoms with van der Waals surface area (Å²) in [4.78, 5) is 0. The van der Waals surface area contributed by atoms with Gasteiger partial charge in [0.1, 0.15) is 17.2 Å². The second kappa shape index (κ2) is 8.48. The van der Waals surface area contributed by atoms with Crippen LogP contribution in [0.2, 0.25) is 0 Å². The van der Waals surface area contributed by atoms with Crippen molar-refractivity contribution >= 4 is 0 Å². The lowest BCUT2D eigenvalue weighted by Gasteiger charge is -2.31. The first-order chi connectivity index (χ1) is 12.7. The molecule has 0 saturated heterocycles. The van der Waals surface area contributed by atoms with Gasteiger partial charge in [0.2, 0.25) is 0 Å². The summed E-state index contributed by atoms with van der Waals surface area (Å²) in [6.07, 6.45) is 6.42. The van der Waals surface area contributed by atoms with Crippen molar-refractivity contribution in [3.8, 4) is 0 Å². The molecule has 0 amide bonds. The highest BCUT2D eigenvalue weighted by Crippen LogP contribution is 2.41. The molecule has 0 aliphatic heterocycles. The van der Waals surface area contributed by atoms with Crippen LogP contribution in [-0.2, 0) is 6.18 Å². The molecule has 2 fully saturated rings. The number of alkyl halides is 3. The van der Waals surface area contributed by atoms with E-state index in [2.05, 4.69) is 6.92 Å². The molecule has 1 aromatic rings. The van der Waals surface area contributed by atoms with Crippen LogP contribution in [-0.4, -0.2) is 0 Å². The van der Waals surface area contributed by atoms with Crippen LogP contribution in [0.15, 0.2) is 12.1 Å². The fraction of sp³-hybridized carbons (Fsp3) is 0.727. The summed E-state index contributed by atoms with van der Waals surface area (Å²) in [5.74, 6) is -0.677. The Balaban J connectivity index is 1.52. The Hall–Kier alpha value is -1.13. The van der Waals surface area contributed by atoms with Crippen molar-refractivity contribution in [2.75, 3.05) is 0 Å². The van der Waals surface area contributed by atoms with Gasteiger partial charge < -0.3 is 0 Å². The van der Waals surface area contributed by atoms with Crippen LogP contribution in [0.4, 0.5) is 22.0 Å². The molecule has 152 valence electrons. The molecule has 0 unspecified atom stereocenters. The number of halogens is 5. The van der Waals surface area contributed by atoms with Crippen molar-refractivity contribution in [3.63, 3.8) is 0 Å². The van der Waals surface area contributed by atoms with E-state index in [1.165, 1.54) is 38.5 Å². The van der Waals surface area contributed by atoms with Gasteiger partial charge in [0, 0.05) is 0 Å². The van der Waals surface area contributed by atoms with Gasteiger partial charge in [-0.2, -0.15) is 13.2 Å². The van der Waals surface area contributed by atoms with E-state index in [4.69, 9.17) is 0 Å². The van der Waals surface area contributed by atoms with Crippen LogP contribution in [0.1, 0.15) is 88.2 Å². The van der Waals surface area contributed by atoms with Gasteiger partial charge in [-0.3, -0.25) is 0 Å². The van der Waals surface area contributed by atoms with Gasteiger partial charge in [-0.1, -0.05) is 45.4 Å². The van der Waals surface area contributed by atoms with Crippen LogP contribution in [0.25, 0.3) is 0 Å². The molecular formula is C22H29F5. The maximum atomic E-state index is 13.8. The van der Waals surface area contributed by atoms with E-state index < -0.39 is 23.4 Å². The predicted molar refractivity (Wildman–Crippen MR) is 96.4 cm³/mol. The molecule has 0 bridgehead atoms. The normalized spacial score (nSPS) is 29.7. The molecular weight excluding hydrogens is 359 g/mol. The zero-order valence-electron chi connectivity index (χ0n) is 15.9. The molecule has 5 heteroatoms. The van der Waals surface area contributed by atoms with E-state index in [9.17, 15) is 22.0 Å². The topological polar surface area (TPSA) is 0 Å². The summed E-state index contributed by atoms with van der Waals surface area (Å²) >= 11 is 0. The molecule has 27 heavy (non-hydrogen) atoms. The third-order valence-electron chi connectivity index (χ3n) is 6.78. The fourth-order valence-corrected chi connectivity index (χ4v) is 4.97. The van der Waals surface area contributed by atoms with Gasteiger partial charge in [0.25, 0.3) is 0 Å². The van der Waals surface area contributed by atoms with E-state index in [1.807, 2.05) is 0 Å². The smallest absolute Gasteiger partial charge is 0.206 e. The summed E-state index contributed by atoms with van der Waals surface area (Å²) in [7, 11) is 0. The zero-order chi connectivity index (χ0) is 19.6. The number of hydrogen-bond donors (Lipinski definition) is 0. The Kier molecular flexibility index (Phi) is 6.47. The second-order valence-electron chi connectivity index (χ2n) is 8.78. The minimum absolute atomic E-state index is 0.0388. The summed E-state index contributed by atoms with van der Waals surface area (Å²) in [5.41, 5.74) is -1.40. The molecule has 0 spiro atoms. The van der Waals surface area contributed by atoms with E-state index in [0.717, 1.165) is 49.7 Å². The Morgan fingerprint density at radius 2 is 1.22 bits per heavy atom. The molecule has 0 radical (unpaired) electrons. The van der Waals surface area contributed by atoms with Crippen LogP contribution in [0.3, 0.4) is 0 Å². The summed E-state index contributed by atoms with van der Waals surface area (Å²) < 4.78 is 65.8. The van der Waals surface area contributed by atoms with Gasteiger partial charge in [0.05, 0.1) is 0 Å². The standard InChI is InChI=1S/C22H29F5/c1-14-2-4-15(5-3-14)6-7-16-8-10-17(11-9-16)18-12-19(23)21(20(24)13-18)22(25,26)27/h12-17H,2-11H2,1H3. The minimum atomic E-state index is -5.00. The lowest BCUT2D eigenvalue weighted by Crippen LogP contribution is -2.18. The molecule has 2 aliphatic carbocycles. The average molecular weight is 388 g/mol. The first-order valence-electron chi connectivity index (χ1n) is 10.3. The van der Waals surface area contributed by atoms with Crippen LogP contribution in [0, 0.1) is 29.4 Å². The van der Waals surface area contributed by atoms with Gasteiger partial charge in [-0.15, -0.1) is 0 Å². The Bertz CT molecular complexity index is 597. The molecule has 0 heterocycles. The van der Waals surface area contributed by atoms with E-state index in [-0.39, 0.29) is 5.92 Å². The Morgan fingerprint density at radius 3 is 1.67 bits per heavy atom. The highest BCUT2D eigenvalue weighted by atomic mass is 19.4. The lowest BCUT2D eigenvalue weighted by atomic mass is 9.74. The largest absolute Gasteiger partial charge is 0.422 e. The van der Waals surface area contributed by atoms with Crippen molar-refractivity contribution in [1.29, 1.82) is 0 Å². The maximum Gasteiger partial charge on any atom is 0.422 e. The molecule has 0 nitrogen and oxygen atoms in total. The second-order valence-corrected chi connectivity index (χ2v) is 8.78. The third-order valence-corrected chi connectivity index (χ3v) is 6.78. The summed E-state index contributed by atoms with van der Waals surface area (Å²) in [5, 5.41) is 0. The molecule has 2 saturated carbocycles. The Labute approximate surface area is 158 Å². The fourth-order valence-electron chi connectivity index (χ4n) is 4.97. The monoisotopic (exact) mass is 388 g/mol. The SMILES string of the molecule is CC1CCC(CCC2CCC(c3cc(F)c(C(F)(F)F)c(F)c3)CC2)CC1. The van der Waals surface area contributed by atoms with Crippen molar-refractivity contribution < 1.29 is 22.0 Å². The first-order valence-corrected chi connectivity index (χ1v) is 10.3. The number of hydrogen-bond acceptors (Lipinski definition) is 0. The highest BCUT2D eigenvalue weighted by Gasteiger charge is 2.38. The molecule has 2 aliphatic rings. The number of rotatable bonds is 4.